The fourth-order valence-corrected chi connectivity index (χ4v) is 3.28. The fourth-order valence-electron chi connectivity index (χ4n) is 3.28. The van der Waals surface area contributed by atoms with E-state index in [-0.39, 0.29) is 12.1 Å². The summed E-state index contributed by atoms with van der Waals surface area (Å²) in [5, 5.41) is 3.04. The Morgan fingerprint density at radius 2 is 2.08 bits per heavy atom. The molecule has 134 valence electrons. The number of aryl methyl sites for hydroxylation is 1. The van der Waals surface area contributed by atoms with E-state index in [0.29, 0.717) is 18.6 Å². The third-order valence-corrected chi connectivity index (χ3v) is 4.77. The average Bonchev–Trinajstić information content (AvgIpc) is 2.53. The molecule has 5 heteroatoms. The van der Waals surface area contributed by atoms with Crippen molar-refractivity contribution < 1.29 is 9.53 Å². The summed E-state index contributed by atoms with van der Waals surface area (Å²) in [6.45, 7) is 8.78. The molecule has 0 radical (unpaired) electrons. The number of carbonyl (C=O) groups excluding carboxylic acids is 1. The molecule has 5 nitrogen and oxygen atoms in total. The lowest BCUT2D eigenvalue weighted by Crippen LogP contribution is -2.54. The van der Waals surface area contributed by atoms with Gasteiger partial charge >= 0.3 is 6.03 Å². The van der Waals surface area contributed by atoms with Gasteiger partial charge in [-0.05, 0) is 51.9 Å². The van der Waals surface area contributed by atoms with Crippen LogP contribution in [0.2, 0.25) is 0 Å². The minimum Gasteiger partial charge on any atom is -0.491 e. The number of carbonyl (C=O) groups is 1. The molecule has 24 heavy (non-hydrogen) atoms. The molecule has 0 saturated carbocycles. The molecule has 1 aliphatic rings. The van der Waals surface area contributed by atoms with Crippen molar-refractivity contribution in [2.45, 2.75) is 39.3 Å². The lowest BCUT2D eigenvalue weighted by molar-refractivity contribution is 0.105. The quantitative estimate of drug-likeness (QED) is 0.901. The Labute approximate surface area is 146 Å². The van der Waals surface area contributed by atoms with Crippen LogP contribution in [0, 0.1) is 12.8 Å². The maximum atomic E-state index is 12.5. The summed E-state index contributed by atoms with van der Waals surface area (Å²) in [4.78, 5) is 16.7. The van der Waals surface area contributed by atoms with Crippen LogP contribution in [-0.2, 0) is 0 Å². The predicted molar refractivity (Wildman–Crippen MR) is 97.5 cm³/mol. The molecule has 0 bridgehead atoms. The lowest BCUT2D eigenvalue weighted by atomic mass is 9.93. The minimum atomic E-state index is -0.0391. The molecule has 2 amide bonds. The number of benzene rings is 1. The molecular weight excluding hydrogens is 302 g/mol. The zero-order chi connectivity index (χ0) is 17.7. The lowest BCUT2D eigenvalue weighted by Gasteiger charge is -2.40. The molecule has 1 aliphatic heterocycles. The summed E-state index contributed by atoms with van der Waals surface area (Å²) in [5.74, 6) is 1.32. The number of nitrogens with one attached hydrogen (secondary N) is 1. The van der Waals surface area contributed by atoms with Crippen molar-refractivity contribution in [2.75, 3.05) is 33.8 Å². The van der Waals surface area contributed by atoms with E-state index >= 15 is 0 Å². The van der Waals surface area contributed by atoms with Crippen molar-refractivity contribution in [1.29, 1.82) is 0 Å². The van der Waals surface area contributed by atoms with E-state index in [1.54, 1.807) is 0 Å². The first-order chi connectivity index (χ1) is 11.4. The number of ether oxygens (including phenoxy) is 1. The van der Waals surface area contributed by atoms with Crippen LogP contribution in [-0.4, -0.2) is 61.7 Å². The largest absolute Gasteiger partial charge is 0.491 e. The van der Waals surface area contributed by atoms with Gasteiger partial charge in [-0.1, -0.05) is 24.6 Å². The number of amides is 2. The van der Waals surface area contributed by atoms with Gasteiger partial charge in [-0.15, -0.1) is 0 Å². The Bertz CT molecular complexity index is 532. The first-order valence-corrected chi connectivity index (χ1v) is 8.78. The number of hydrogen-bond donors (Lipinski definition) is 1. The van der Waals surface area contributed by atoms with Gasteiger partial charge < -0.3 is 19.9 Å². The van der Waals surface area contributed by atoms with Gasteiger partial charge in [0.1, 0.15) is 12.4 Å². The minimum absolute atomic E-state index is 0.0172. The van der Waals surface area contributed by atoms with Gasteiger partial charge in [-0.3, -0.25) is 0 Å². The number of piperidine rings is 1. The van der Waals surface area contributed by atoms with E-state index < -0.39 is 0 Å². The monoisotopic (exact) mass is 333 g/mol. The molecule has 1 aromatic carbocycles. The first kappa shape index (κ1) is 18.6. The molecule has 1 heterocycles. The first-order valence-electron chi connectivity index (χ1n) is 8.78. The van der Waals surface area contributed by atoms with Crippen LogP contribution >= 0.6 is 0 Å². The Hall–Kier alpha value is -1.75. The van der Waals surface area contributed by atoms with Crippen molar-refractivity contribution in [3.8, 4) is 5.75 Å². The second-order valence-electron chi connectivity index (χ2n) is 7.18. The highest BCUT2D eigenvalue weighted by Gasteiger charge is 2.30. The molecule has 0 spiro atoms. The van der Waals surface area contributed by atoms with Gasteiger partial charge in [0.2, 0.25) is 0 Å². The molecule has 0 aliphatic carbocycles. The van der Waals surface area contributed by atoms with Crippen LogP contribution in [0.4, 0.5) is 4.79 Å². The molecule has 3 unspecified atom stereocenters. The van der Waals surface area contributed by atoms with Crippen molar-refractivity contribution in [3.05, 3.63) is 29.8 Å². The Morgan fingerprint density at radius 3 is 2.71 bits per heavy atom. The Balaban J connectivity index is 1.79. The van der Waals surface area contributed by atoms with E-state index in [0.717, 1.165) is 25.3 Å². The van der Waals surface area contributed by atoms with Crippen LogP contribution in [0.3, 0.4) is 0 Å². The van der Waals surface area contributed by atoms with Crippen LogP contribution in [0.25, 0.3) is 0 Å². The van der Waals surface area contributed by atoms with E-state index in [9.17, 15) is 4.79 Å². The molecule has 1 aromatic rings. The van der Waals surface area contributed by atoms with Crippen molar-refractivity contribution in [2.24, 2.45) is 5.92 Å². The summed E-state index contributed by atoms with van der Waals surface area (Å²) in [5.41, 5.74) is 1.21. The predicted octanol–water partition coefficient (Wildman–Crippen LogP) is 2.74. The third-order valence-electron chi connectivity index (χ3n) is 4.77. The zero-order valence-corrected chi connectivity index (χ0v) is 15.6. The van der Waals surface area contributed by atoms with Crippen molar-refractivity contribution in [3.63, 3.8) is 0 Å². The van der Waals surface area contributed by atoms with Crippen LogP contribution < -0.4 is 10.1 Å². The standard InChI is InChI=1S/C19H31N3O2/c1-14-6-8-17(9-7-14)24-13-16(3)20-19(23)22(5)18-10-11-21(4)12-15(18)2/h6-9,15-16,18H,10-13H2,1-5H3,(H,20,23). The molecular formula is C19H31N3O2. The fraction of sp³-hybridized carbons (Fsp3) is 0.632. The van der Waals surface area contributed by atoms with Crippen molar-refractivity contribution >= 4 is 6.03 Å². The van der Waals surface area contributed by atoms with E-state index in [1.807, 2.05) is 50.1 Å². The van der Waals surface area contributed by atoms with E-state index in [4.69, 9.17) is 4.74 Å². The Morgan fingerprint density at radius 1 is 1.42 bits per heavy atom. The van der Waals surface area contributed by atoms with Gasteiger partial charge in [-0.25, -0.2) is 4.79 Å². The highest BCUT2D eigenvalue weighted by atomic mass is 16.5. The number of likely N-dealkylation sites (tertiary alicyclic amines) is 1. The summed E-state index contributed by atoms with van der Waals surface area (Å²) in [7, 11) is 4.03. The van der Waals surface area contributed by atoms with Gasteiger partial charge in [0, 0.05) is 19.6 Å². The maximum Gasteiger partial charge on any atom is 0.317 e. The molecule has 2 rings (SSSR count). The average molecular weight is 333 g/mol. The number of urea groups is 1. The normalized spacial score (nSPS) is 22.7. The molecule has 1 fully saturated rings. The topological polar surface area (TPSA) is 44.8 Å². The number of hydrogen-bond acceptors (Lipinski definition) is 3. The molecule has 0 aromatic heterocycles. The van der Waals surface area contributed by atoms with Gasteiger partial charge in [0.15, 0.2) is 0 Å². The van der Waals surface area contributed by atoms with Crippen LogP contribution in [0.1, 0.15) is 25.8 Å². The zero-order valence-electron chi connectivity index (χ0n) is 15.6. The smallest absolute Gasteiger partial charge is 0.317 e. The third kappa shape index (κ3) is 5.13. The molecule has 3 atom stereocenters. The van der Waals surface area contributed by atoms with Gasteiger partial charge in [0.05, 0.1) is 6.04 Å². The highest BCUT2D eigenvalue weighted by molar-refractivity contribution is 5.74. The molecule has 1 N–H and O–H groups in total. The highest BCUT2D eigenvalue weighted by Crippen LogP contribution is 2.20. The van der Waals surface area contributed by atoms with Crippen LogP contribution in [0.15, 0.2) is 24.3 Å². The van der Waals surface area contributed by atoms with Gasteiger partial charge in [0.25, 0.3) is 0 Å². The van der Waals surface area contributed by atoms with E-state index in [2.05, 4.69) is 24.2 Å². The Kier molecular flexibility index (Phi) is 6.49. The summed E-state index contributed by atoms with van der Waals surface area (Å²) in [6.07, 6.45) is 1.02. The van der Waals surface area contributed by atoms with Crippen molar-refractivity contribution in [1.82, 2.24) is 15.1 Å². The second-order valence-corrected chi connectivity index (χ2v) is 7.18. The van der Waals surface area contributed by atoms with Gasteiger partial charge in [-0.2, -0.15) is 0 Å². The molecule has 1 saturated heterocycles. The summed E-state index contributed by atoms with van der Waals surface area (Å²) >= 11 is 0. The summed E-state index contributed by atoms with van der Waals surface area (Å²) < 4.78 is 5.74. The number of nitrogens with zero attached hydrogens (tertiary/aromatic N) is 2. The maximum absolute atomic E-state index is 12.5. The summed E-state index contributed by atoms with van der Waals surface area (Å²) in [6, 6.07) is 8.19. The van der Waals surface area contributed by atoms with Crippen LogP contribution in [0.5, 0.6) is 5.75 Å². The second kappa shape index (κ2) is 8.38. The SMILES string of the molecule is Cc1ccc(OCC(C)NC(=O)N(C)C2CCN(C)CC2C)cc1. The van der Waals surface area contributed by atoms with E-state index in [1.165, 1.54) is 5.56 Å². The number of rotatable bonds is 5.